The summed E-state index contributed by atoms with van der Waals surface area (Å²) in [7, 11) is 0. The summed E-state index contributed by atoms with van der Waals surface area (Å²) in [5.74, 6) is 0. The molecule has 0 saturated carbocycles. The third-order valence-corrected chi connectivity index (χ3v) is 2.38. The molecule has 84 valence electrons. The van der Waals surface area contributed by atoms with Crippen LogP contribution in [0.25, 0.3) is 0 Å². The van der Waals surface area contributed by atoms with Crippen molar-refractivity contribution in [1.29, 1.82) is 0 Å². The first kappa shape index (κ1) is 13.7. The van der Waals surface area contributed by atoms with Crippen LogP contribution in [0.3, 0.4) is 0 Å². The average molecular weight is 217 g/mol. The molecule has 2 nitrogen and oxygen atoms in total. The van der Waals surface area contributed by atoms with E-state index in [1.54, 1.807) is 0 Å². The van der Waals surface area contributed by atoms with Gasteiger partial charge in [0.25, 0.3) is 5.17 Å². The van der Waals surface area contributed by atoms with Crippen molar-refractivity contribution in [3.8, 4) is 0 Å². The van der Waals surface area contributed by atoms with E-state index in [0.717, 1.165) is 19.4 Å². The van der Waals surface area contributed by atoms with E-state index in [-0.39, 0.29) is 0 Å². The minimum absolute atomic E-state index is 0.407. The van der Waals surface area contributed by atoms with E-state index in [1.165, 1.54) is 0 Å². The number of hydrogen-bond acceptors (Lipinski definition) is 2. The maximum absolute atomic E-state index is 5.52. The van der Waals surface area contributed by atoms with Gasteiger partial charge in [-0.2, -0.15) is 0 Å². The van der Waals surface area contributed by atoms with Crippen LogP contribution in [0, 0.1) is 0 Å². The zero-order valence-corrected chi connectivity index (χ0v) is 10.9. The summed E-state index contributed by atoms with van der Waals surface area (Å²) in [4.78, 5) is 2.13. The zero-order chi connectivity index (χ0) is 11.1. The van der Waals surface area contributed by atoms with Gasteiger partial charge in [-0.1, -0.05) is 13.3 Å². The monoisotopic (exact) mass is 217 g/mol. The highest BCUT2D eigenvalue weighted by Gasteiger charge is 2.17. The van der Waals surface area contributed by atoms with Gasteiger partial charge in [-0.15, -0.1) is 0 Å². The maximum atomic E-state index is 5.52. The first-order chi connectivity index (χ1) is 6.50. The molecule has 0 aromatic carbocycles. The lowest BCUT2D eigenvalue weighted by Crippen LogP contribution is -2.42. The summed E-state index contributed by atoms with van der Waals surface area (Å²) in [5.41, 5.74) is 0. The van der Waals surface area contributed by atoms with E-state index in [0.29, 0.717) is 17.3 Å². The van der Waals surface area contributed by atoms with E-state index in [2.05, 4.69) is 39.5 Å². The lowest BCUT2D eigenvalue weighted by molar-refractivity contribution is 0.193. The van der Waals surface area contributed by atoms with Crippen molar-refractivity contribution in [3.63, 3.8) is 0 Å². The summed E-state index contributed by atoms with van der Waals surface area (Å²) in [6.07, 6.45) is 2.22. The van der Waals surface area contributed by atoms with Gasteiger partial charge in [0, 0.05) is 12.1 Å². The Morgan fingerprint density at radius 2 is 1.71 bits per heavy atom. The Hall–Kier alpha value is -0.310. The van der Waals surface area contributed by atoms with Crippen molar-refractivity contribution >= 4 is 17.4 Å². The number of rotatable bonds is 5. The third kappa shape index (κ3) is 4.80. The molecule has 0 saturated heterocycles. The number of ether oxygens (including phenoxy) is 1. The molecule has 0 bridgehead atoms. The SMILES string of the molecule is CCCCOC(=S)N(C(C)C)C(C)C. The van der Waals surface area contributed by atoms with Gasteiger partial charge in [0.15, 0.2) is 0 Å². The molecule has 0 aromatic heterocycles. The van der Waals surface area contributed by atoms with E-state index in [1.807, 2.05) is 0 Å². The van der Waals surface area contributed by atoms with Crippen LogP contribution < -0.4 is 0 Å². The van der Waals surface area contributed by atoms with Gasteiger partial charge < -0.3 is 9.64 Å². The van der Waals surface area contributed by atoms with Crippen LogP contribution in [0.5, 0.6) is 0 Å². The first-order valence-electron chi connectivity index (χ1n) is 5.45. The molecule has 0 aliphatic heterocycles. The lowest BCUT2D eigenvalue weighted by atomic mass is 10.2. The highest BCUT2D eigenvalue weighted by atomic mass is 32.1. The van der Waals surface area contributed by atoms with Crippen molar-refractivity contribution in [1.82, 2.24) is 4.90 Å². The van der Waals surface area contributed by atoms with Crippen molar-refractivity contribution in [2.24, 2.45) is 0 Å². The fourth-order valence-electron chi connectivity index (χ4n) is 1.40. The summed E-state index contributed by atoms with van der Waals surface area (Å²) in [6.45, 7) is 11.4. The Bertz CT molecular complexity index is 161. The molecule has 0 aromatic rings. The van der Waals surface area contributed by atoms with E-state index in [4.69, 9.17) is 17.0 Å². The molecule has 0 unspecified atom stereocenters. The largest absolute Gasteiger partial charge is 0.471 e. The molecule has 3 heteroatoms. The zero-order valence-electron chi connectivity index (χ0n) is 10.0. The average Bonchev–Trinajstić information content (AvgIpc) is 2.03. The Morgan fingerprint density at radius 3 is 2.07 bits per heavy atom. The smallest absolute Gasteiger partial charge is 0.259 e. The van der Waals surface area contributed by atoms with Crippen molar-refractivity contribution in [2.75, 3.05) is 6.61 Å². The minimum Gasteiger partial charge on any atom is -0.471 e. The van der Waals surface area contributed by atoms with Crippen molar-refractivity contribution < 1.29 is 4.74 Å². The Balaban J connectivity index is 4.03. The first-order valence-corrected chi connectivity index (χ1v) is 5.86. The van der Waals surface area contributed by atoms with Gasteiger partial charge in [0.1, 0.15) is 0 Å². The molecular formula is C11H23NOS. The second kappa shape index (κ2) is 7.04. The standard InChI is InChI=1S/C11H23NOS/c1-6-7-8-13-11(14)12(9(2)3)10(4)5/h9-10H,6-8H2,1-5H3. The van der Waals surface area contributed by atoms with Crippen LogP contribution in [-0.2, 0) is 4.74 Å². The summed E-state index contributed by atoms with van der Waals surface area (Å²) >= 11 is 5.24. The van der Waals surface area contributed by atoms with Gasteiger partial charge in [0.05, 0.1) is 6.61 Å². The molecule has 0 aliphatic carbocycles. The molecule has 0 radical (unpaired) electrons. The van der Waals surface area contributed by atoms with Gasteiger partial charge >= 0.3 is 0 Å². The molecule has 14 heavy (non-hydrogen) atoms. The van der Waals surface area contributed by atoms with Gasteiger partial charge in [-0.05, 0) is 46.3 Å². The van der Waals surface area contributed by atoms with E-state index >= 15 is 0 Å². The van der Waals surface area contributed by atoms with Crippen LogP contribution in [0.1, 0.15) is 47.5 Å². The molecule has 0 rings (SSSR count). The van der Waals surface area contributed by atoms with Gasteiger partial charge in [0.2, 0.25) is 0 Å². The number of hydrogen-bond donors (Lipinski definition) is 0. The number of unbranched alkanes of at least 4 members (excludes halogenated alkanes) is 1. The highest BCUT2D eigenvalue weighted by Crippen LogP contribution is 2.08. The molecule has 0 spiro atoms. The third-order valence-electron chi connectivity index (χ3n) is 2.05. The Morgan fingerprint density at radius 1 is 1.21 bits per heavy atom. The second-order valence-electron chi connectivity index (χ2n) is 4.06. The second-order valence-corrected chi connectivity index (χ2v) is 4.41. The van der Waals surface area contributed by atoms with E-state index in [9.17, 15) is 0 Å². The highest BCUT2D eigenvalue weighted by molar-refractivity contribution is 7.80. The number of thiocarbonyl (C=S) groups is 1. The van der Waals surface area contributed by atoms with Crippen LogP contribution >= 0.6 is 12.2 Å². The number of nitrogens with zero attached hydrogens (tertiary/aromatic N) is 1. The Labute approximate surface area is 93.6 Å². The quantitative estimate of drug-likeness (QED) is 0.518. The van der Waals surface area contributed by atoms with E-state index < -0.39 is 0 Å². The topological polar surface area (TPSA) is 12.5 Å². The summed E-state index contributed by atoms with van der Waals surface area (Å²) < 4.78 is 5.52. The lowest BCUT2D eigenvalue weighted by Gasteiger charge is -2.32. The predicted octanol–water partition coefficient (Wildman–Crippen LogP) is 3.21. The molecule has 0 heterocycles. The van der Waals surface area contributed by atoms with Crippen molar-refractivity contribution in [3.05, 3.63) is 0 Å². The summed E-state index contributed by atoms with van der Waals surface area (Å²) in [6, 6.07) is 0.813. The molecule has 0 atom stereocenters. The van der Waals surface area contributed by atoms with Gasteiger partial charge in [-0.3, -0.25) is 0 Å². The van der Waals surface area contributed by atoms with Crippen LogP contribution in [0.2, 0.25) is 0 Å². The fourth-order valence-corrected chi connectivity index (χ4v) is 1.90. The normalized spacial score (nSPS) is 10.8. The van der Waals surface area contributed by atoms with Crippen LogP contribution in [0.4, 0.5) is 0 Å². The summed E-state index contributed by atoms with van der Waals surface area (Å²) in [5, 5.41) is 0.642. The van der Waals surface area contributed by atoms with Crippen molar-refractivity contribution in [2.45, 2.75) is 59.5 Å². The van der Waals surface area contributed by atoms with Gasteiger partial charge in [-0.25, -0.2) is 0 Å². The predicted molar refractivity (Wildman–Crippen MR) is 65.6 cm³/mol. The fraction of sp³-hybridized carbons (Fsp3) is 0.909. The minimum atomic E-state index is 0.407. The molecule has 0 N–H and O–H groups in total. The Kier molecular flexibility index (Phi) is 6.89. The van der Waals surface area contributed by atoms with Crippen LogP contribution in [-0.4, -0.2) is 28.8 Å². The van der Waals surface area contributed by atoms with Crippen LogP contribution in [0.15, 0.2) is 0 Å². The molecule has 0 aliphatic rings. The molecule has 0 fully saturated rings. The maximum Gasteiger partial charge on any atom is 0.259 e. The molecule has 0 amide bonds. The molecular weight excluding hydrogens is 194 g/mol.